The standard InChI is InChI=1S/C31H36ClN3O4S/c1-3-20-4-6-22(7-5-20)30-29(32)26-15-14-25(18-27(26)34(30)2)40(37,38)33-24-12-10-23(11-13-24)31(36)35-16-17-39-19-28(35)21-8-9-21/h1,4-7,14-15,18,21,23-24,28,33H,3,8-13,16-17,19H2,2H3/t23?,24?,28-/m1/s1. The number of hydrogen-bond acceptors (Lipinski definition) is 4. The zero-order valence-electron chi connectivity index (χ0n) is 22.8. The van der Waals surface area contributed by atoms with Crippen molar-refractivity contribution in [2.75, 3.05) is 19.8 Å². The van der Waals surface area contributed by atoms with Gasteiger partial charge in [0.25, 0.3) is 0 Å². The van der Waals surface area contributed by atoms with Crippen molar-refractivity contribution in [2.45, 2.75) is 61.9 Å². The number of aromatic nitrogens is 1. The van der Waals surface area contributed by atoms with E-state index in [1.807, 2.05) is 35.9 Å². The summed E-state index contributed by atoms with van der Waals surface area (Å²) in [7, 11) is -1.85. The number of ether oxygens (including phenoxy) is 1. The van der Waals surface area contributed by atoms with Crippen LogP contribution in [0.5, 0.6) is 0 Å². The van der Waals surface area contributed by atoms with E-state index in [0.717, 1.165) is 27.7 Å². The Bertz CT molecular complexity index is 1510. The summed E-state index contributed by atoms with van der Waals surface area (Å²) in [6.07, 6.45) is 5.50. The summed E-state index contributed by atoms with van der Waals surface area (Å²) >= 11 is 6.77. The number of carbonyl (C=O) groups is 1. The summed E-state index contributed by atoms with van der Waals surface area (Å²) in [4.78, 5) is 15.6. The van der Waals surface area contributed by atoms with E-state index in [9.17, 15) is 13.2 Å². The first kappa shape index (κ1) is 27.8. The zero-order chi connectivity index (χ0) is 28.0. The highest BCUT2D eigenvalue weighted by molar-refractivity contribution is 7.89. The van der Waals surface area contributed by atoms with E-state index in [2.05, 4.69) is 9.62 Å². The van der Waals surface area contributed by atoms with Crippen molar-refractivity contribution in [1.29, 1.82) is 0 Å². The van der Waals surface area contributed by atoms with Gasteiger partial charge in [-0.25, -0.2) is 13.1 Å². The maximum atomic E-state index is 13.4. The van der Waals surface area contributed by atoms with Crippen molar-refractivity contribution in [2.24, 2.45) is 18.9 Å². The second-order valence-electron chi connectivity index (χ2n) is 11.5. The number of nitrogens with zero attached hydrogens (tertiary/aromatic N) is 2. The highest BCUT2D eigenvalue weighted by Gasteiger charge is 2.41. The van der Waals surface area contributed by atoms with Crippen molar-refractivity contribution in [3.63, 3.8) is 0 Å². The van der Waals surface area contributed by atoms with Gasteiger partial charge in [-0.2, -0.15) is 0 Å². The van der Waals surface area contributed by atoms with E-state index in [1.54, 1.807) is 18.2 Å². The van der Waals surface area contributed by atoms with Gasteiger partial charge in [-0.1, -0.05) is 35.9 Å². The topological polar surface area (TPSA) is 80.6 Å². The highest BCUT2D eigenvalue weighted by Crippen LogP contribution is 2.39. The van der Waals surface area contributed by atoms with Gasteiger partial charge >= 0.3 is 0 Å². The molecule has 0 unspecified atom stereocenters. The number of benzene rings is 2. The van der Waals surface area contributed by atoms with E-state index in [1.165, 1.54) is 12.8 Å². The monoisotopic (exact) mass is 581 g/mol. The van der Waals surface area contributed by atoms with E-state index in [4.69, 9.17) is 23.3 Å². The SMILES string of the molecule is [CH]Cc1ccc(-c2c(Cl)c3ccc(S(=O)(=O)NC4CCC(C(=O)N5CCOC[C@@H]5C5CC5)CC4)cc3n2C)cc1. The fraction of sp³-hybridized carbons (Fsp3) is 0.484. The minimum Gasteiger partial charge on any atom is -0.377 e. The van der Waals surface area contributed by atoms with Gasteiger partial charge in [0.05, 0.1) is 40.4 Å². The Balaban J connectivity index is 1.14. The molecule has 1 amide bonds. The number of nitrogens with one attached hydrogen (secondary N) is 1. The number of rotatable bonds is 7. The molecule has 1 N–H and O–H groups in total. The Morgan fingerprint density at radius 3 is 2.48 bits per heavy atom. The molecular weight excluding hydrogens is 546 g/mol. The third-order valence-corrected chi connectivity index (χ3v) is 10.8. The predicted octanol–water partition coefficient (Wildman–Crippen LogP) is 5.23. The van der Waals surface area contributed by atoms with Crippen LogP contribution >= 0.6 is 11.6 Å². The summed E-state index contributed by atoms with van der Waals surface area (Å²) < 4.78 is 37.3. The van der Waals surface area contributed by atoms with Crippen molar-refractivity contribution in [1.82, 2.24) is 14.2 Å². The summed E-state index contributed by atoms with van der Waals surface area (Å²) in [5.41, 5.74) is 3.54. The first-order valence-electron chi connectivity index (χ1n) is 14.2. The van der Waals surface area contributed by atoms with E-state index in [0.29, 0.717) is 62.8 Å². The Morgan fingerprint density at radius 2 is 1.80 bits per heavy atom. The lowest BCUT2D eigenvalue weighted by Gasteiger charge is -2.39. The molecule has 1 saturated heterocycles. The Hall–Kier alpha value is -2.39. The number of fused-ring (bicyclic) bond motifs is 1. The van der Waals surface area contributed by atoms with Gasteiger partial charge in [-0.15, -0.1) is 0 Å². The van der Waals surface area contributed by atoms with Crippen LogP contribution in [0.4, 0.5) is 0 Å². The normalized spacial score (nSPS) is 24.0. The minimum absolute atomic E-state index is 0.0423. The largest absolute Gasteiger partial charge is 0.377 e. The Morgan fingerprint density at radius 1 is 1.07 bits per heavy atom. The smallest absolute Gasteiger partial charge is 0.240 e. The maximum absolute atomic E-state index is 13.4. The molecule has 40 heavy (non-hydrogen) atoms. The van der Waals surface area contributed by atoms with Gasteiger partial charge in [-0.05, 0) is 87.1 Å². The van der Waals surface area contributed by atoms with Crippen LogP contribution in [0.15, 0.2) is 47.4 Å². The van der Waals surface area contributed by atoms with Crippen LogP contribution in [0.2, 0.25) is 5.02 Å². The molecular formula is C31H36ClN3O4S. The molecule has 2 aliphatic carbocycles. The van der Waals surface area contributed by atoms with Gasteiger partial charge in [0.15, 0.2) is 0 Å². The molecule has 1 aliphatic heterocycles. The number of halogens is 1. The molecule has 0 spiro atoms. The lowest BCUT2D eigenvalue weighted by atomic mass is 9.85. The van der Waals surface area contributed by atoms with Crippen LogP contribution in [0.3, 0.4) is 0 Å². The fourth-order valence-corrected chi connectivity index (χ4v) is 8.12. The summed E-state index contributed by atoms with van der Waals surface area (Å²) in [5, 5.41) is 1.38. The number of amides is 1. The third-order valence-electron chi connectivity index (χ3n) is 8.90. The number of morpholine rings is 1. The first-order chi connectivity index (χ1) is 19.3. The molecule has 6 rings (SSSR count). The predicted molar refractivity (Wildman–Crippen MR) is 156 cm³/mol. The summed E-state index contributed by atoms with van der Waals surface area (Å²) in [5.74, 6) is 0.761. The van der Waals surface area contributed by atoms with E-state index >= 15 is 0 Å². The molecule has 2 radical (unpaired) electrons. The number of carbonyl (C=O) groups excluding carboxylic acids is 1. The average molecular weight is 582 g/mol. The van der Waals surface area contributed by atoms with Crippen molar-refractivity contribution in [3.8, 4) is 11.3 Å². The van der Waals surface area contributed by atoms with Gasteiger partial charge in [0, 0.05) is 30.9 Å². The fourth-order valence-electron chi connectivity index (χ4n) is 6.40. The van der Waals surface area contributed by atoms with Crippen LogP contribution in [-0.2, 0) is 33.0 Å². The minimum atomic E-state index is -3.75. The van der Waals surface area contributed by atoms with Crippen molar-refractivity contribution in [3.05, 3.63) is 60.0 Å². The Kier molecular flexibility index (Phi) is 7.72. The van der Waals surface area contributed by atoms with E-state index in [-0.39, 0.29) is 28.8 Å². The van der Waals surface area contributed by atoms with Crippen LogP contribution in [0.1, 0.15) is 44.1 Å². The Labute approximate surface area is 241 Å². The summed E-state index contributed by atoms with van der Waals surface area (Å²) in [6.45, 7) is 7.65. The number of hydrogen-bond donors (Lipinski definition) is 1. The molecule has 1 atom stereocenters. The second-order valence-corrected chi connectivity index (χ2v) is 13.6. The molecule has 9 heteroatoms. The summed E-state index contributed by atoms with van der Waals surface area (Å²) in [6, 6.07) is 13.0. The number of aryl methyl sites for hydroxylation is 1. The van der Waals surface area contributed by atoms with E-state index < -0.39 is 10.0 Å². The van der Waals surface area contributed by atoms with Crippen LogP contribution in [0, 0.1) is 18.8 Å². The zero-order valence-corrected chi connectivity index (χ0v) is 24.4. The lowest BCUT2D eigenvalue weighted by Crippen LogP contribution is -2.52. The van der Waals surface area contributed by atoms with Gasteiger partial charge < -0.3 is 14.2 Å². The molecule has 2 heterocycles. The quantitative estimate of drug-likeness (QED) is 0.414. The second kappa shape index (κ2) is 11.1. The molecule has 0 bridgehead atoms. The van der Waals surface area contributed by atoms with Gasteiger partial charge in [-0.3, -0.25) is 4.79 Å². The number of sulfonamides is 1. The third kappa shape index (κ3) is 5.31. The van der Waals surface area contributed by atoms with Gasteiger partial charge in [0.2, 0.25) is 15.9 Å². The first-order valence-corrected chi connectivity index (χ1v) is 16.1. The van der Waals surface area contributed by atoms with Crippen LogP contribution < -0.4 is 4.72 Å². The average Bonchev–Trinajstić information content (AvgIpc) is 3.79. The van der Waals surface area contributed by atoms with Crippen molar-refractivity contribution < 1.29 is 17.9 Å². The lowest BCUT2D eigenvalue weighted by molar-refractivity contribution is -0.146. The molecule has 2 aromatic carbocycles. The van der Waals surface area contributed by atoms with Crippen molar-refractivity contribution >= 4 is 38.4 Å². The maximum Gasteiger partial charge on any atom is 0.240 e. The molecule has 3 aliphatic rings. The van der Waals surface area contributed by atoms with Gasteiger partial charge in [0.1, 0.15) is 0 Å². The molecule has 2 saturated carbocycles. The molecule has 3 fully saturated rings. The molecule has 7 nitrogen and oxygen atoms in total. The molecule has 3 aromatic rings. The van der Waals surface area contributed by atoms with Crippen LogP contribution in [0.25, 0.3) is 22.2 Å². The highest BCUT2D eigenvalue weighted by atomic mass is 35.5. The molecule has 212 valence electrons. The molecule has 1 aromatic heterocycles. The van der Waals surface area contributed by atoms with Crippen LogP contribution in [-0.4, -0.2) is 55.6 Å².